The first-order valence-electron chi connectivity index (χ1n) is 7.94. The SMILES string of the molecule is CC1CN(c2ncc(C(F)(F)F)cc2Br)CCN1C(=O)c1cnn(C)c1. The van der Waals surface area contributed by atoms with Crippen LogP contribution in [0.3, 0.4) is 0 Å². The third-order valence-corrected chi connectivity index (χ3v) is 4.87. The summed E-state index contributed by atoms with van der Waals surface area (Å²) < 4.78 is 40.2. The lowest BCUT2D eigenvalue weighted by atomic mass is 10.1. The third-order valence-electron chi connectivity index (χ3n) is 4.29. The van der Waals surface area contributed by atoms with Crippen molar-refractivity contribution in [3.8, 4) is 0 Å². The number of amides is 1. The summed E-state index contributed by atoms with van der Waals surface area (Å²) in [5.74, 6) is 0.336. The number of piperazine rings is 1. The van der Waals surface area contributed by atoms with E-state index in [0.29, 0.717) is 31.0 Å². The molecule has 1 amide bonds. The second-order valence-electron chi connectivity index (χ2n) is 6.22. The fourth-order valence-electron chi connectivity index (χ4n) is 2.97. The molecule has 1 fully saturated rings. The summed E-state index contributed by atoms with van der Waals surface area (Å²) in [5.41, 5.74) is -0.284. The second kappa shape index (κ2) is 6.90. The highest BCUT2D eigenvalue weighted by Crippen LogP contribution is 2.34. The molecule has 0 saturated carbocycles. The van der Waals surface area contributed by atoms with E-state index >= 15 is 0 Å². The molecule has 1 saturated heterocycles. The molecule has 1 atom stereocenters. The molecule has 3 rings (SSSR count). The van der Waals surface area contributed by atoms with Gasteiger partial charge in [-0.25, -0.2) is 4.98 Å². The zero-order valence-electron chi connectivity index (χ0n) is 14.2. The zero-order valence-corrected chi connectivity index (χ0v) is 15.8. The molecule has 1 aliphatic rings. The van der Waals surface area contributed by atoms with E-state index in [4.69, 9.17) is 0 Å². The second-order valence-corrected chi connectivity index (χ2v) is 7.08. The van der Waals surface area contributed by atoms with Crippen molar-refractivity contribution in [2.75, 3.05) is 24.5 Å². The van der Waals surface area contributed by atoms with Gasteiger partial charge in [0.05, 0.1) is 21.8 Å². The molecule has 6 nitrogen and oxygen atoms in total. The van der Waals surface area contributed by atoms with Crippen LogP contribution in [0.15, 0.2) is 29.1 Å². The van der Waals surface area contributed by atoms with Gasteiger partial charge in [-0.1, -0.05) is 0 Å². The molecule has 2 aromatic rings. The lowest BCUT2D eigenvalue weighted by molar-refractivity contribution is -0.137. The molecule has 26 heavy (non-hydrogen) atoms. The van der Waals surface area contributed by atoms with E-state index in [0.717, 1.165) is 12.3 Å². The number of aryl methyl sites for hydroxylation is 1. The molecule has 140 valence electrons. The Labute approximate surface area is 156 Å². The molecule has 2 aromatic heterocycles. The fraction of sp³-hybridized carbons (Fsp3) is 0.438. The van der Waals surface area contributed by atoms with E-state index < -0.39 is 11.7 Å². The normalized spacial score (nSPS) is 18.3. The summed E-state index contributed by atoms with van der Waals surface area (Å²) in [7, 11) is 1.74. The Morgan fingerprint density at radius 3 is 2.58 bits per heavy atom. The van der Waals surface area contributed by atoms with Gasteiger partial charge in [-0.2, -0.15) is 18.3 Å². The highest BCUT2D eigenvalue weighted by Gasteiger charge is 2.33. The molecule has 0 aromatic carbocycles. The number of pyridine rings is 1. The van der Waals surface area contributed by atoms with Crippen molar-refractivity contribution < 1.29 is 18.0 Å². The fourth-order valence-corrected chi connectivity index (χ4v) is 3.57. The summed E-state index contributed by atoms with van der Waals surface area (Å²) in [6.07, 6.45) is -0.418. The van der Waals surface area contributed by atoms with Gasteiger partial charge < -0.3 is 9.80 Å². The van der Waals surface area contributed by atoms with Gasteiger partial charge in [0.15, 0.2) is 0 Å². The predicted molar refractivity (Wildman–Crippen MR) is 92.9 cm³/mol. The Bertz CT molecular complexity index is 822. The number of halogens is 4. The maximum absolute atomic E-state index is 12.8. The summed E-state index contributed by atoms with van der Waals surface area (Å²) in [6.45, 7) is 3.30. The van der Waals surface area contributed by atoms with Gasteiger partial charge in [0.1, 0.15) is 5.82 Å². The number of hydrogen-bond acceptors (Lipinski definition) is 4. The Morgan fingerprint density at radius 1 is 1.31 bits per heavy atom. The van der Waals surface area contributed by atoms with Crippen molar-refractivity contribution in [3.05, 3.63) is 40.3 Å². The van der Waals surface area contributed by atoms with Gasteiger partial charge in [0, 0.05) is 45.1 Å². The average molecular weight is 432 g/mol. The molecule has 0 spiro atoms. The number of carbonyl (C=O) groups excluding carboxylic acids is 1. The van der Waals surface area contributed by atoms with Crippen molar-refractivity contribution in [1.29, 1.82) is 0 Å². The van der Waals surface area contributed by atoms with Gasteiger partial charge in [-0.3, -0.25) is 9.48 Å². The third kappa shape index (κ3) is 3.69. The van der Waals surface area contributed by atoms with Crippen LogP contribution in [0.1, 0.15) is 22.8 Å². The van der Waals surface area contributed by atoms with Crippen LogP contribution in [-0.4, -0.2) is 51.2 Å². The minimum Gasteiger partial charge on any atom is -0.352 e. The maximum Gasteiger partial charge on any atom is 0.417 e. The molecular weight excluding hydrogens is 415 g/mol. The Morgan fingerprint density at radius 2 is 2.04 bits per heavy atom. The lowest BCUT2D eigenvalue weighted by Gasteiger charge is -2.40. The summed E-state index contributed by atoms with van der Waals surface area (Å²) >= 11 is 3.18. The molecule has 1 aliphatic heterocycles. The van der Waals surface area contributed by atoms with Gasteiger partial charge in [-0.15, -0.1) is 0 Å². The van der Waals surface area contributed by atoms with Gasteiger partial charge in [0.25, 0.3) is 5.91 Å². The largest absolute Gasteiger partial charge is 0.417 e. The number of rotatable bonds is 2. The van der Waals surface area contributed by atoms with E-state index in [-0.39, 0.29) is 16.4 Å². The van der Waals surface area contributed by atoms with Crippen molar-refractivity contribution in [1.82, 2.24) is 19.7 Å². The molecular formula is C16H17BrF3N5O. The minimum absolute atomic E-state index is 0.107. The first-order chi connectivity index (χ1) is 12.2. The van der Waals surface area contributed by atoms with E-state index in [1.54, 1.807) is 22.8 Å². The smallest absolute Gasteiger partial charge is 0.352 e. The van der Waals surface area contributed by atoms with Crippen molar-refractivity contribution >= 4 is 27.7 Å². The summed E-state index contributed by atoms with van der Waals surface area (Å²) in [6, 6.07) is 0.910. The molecule has 10 heteroatoms. The van der Waals surface area contributed by atoms with E-state index in [9.17, 15) is 18.0 Å². The standard InChI is InChI=1S/C16H17BrF3N5O/c1-10-8-24(14-13(17)5-12(7-21-14)16(18,19)20)3-4-25(10)15(26)11-6-22-23(2)9-11/h5-7,9-10H,3-4,8H2,1-2H3. The van der Waals surface area contributed by atoms with Crippen LogP contribution < -0.4 is 4.90 Å². The average Bonchev–Trinajstić information content (AvgIpc) is 2.99. The monoisotopic (exact) mass is 431 g/mol. The van der Waals surface area contributed by atoms with E-state index in [1.165, 1.54) is 6.20 Å². The lowest BCUT2D eigenvalue weighted by Crippen LogP contribution is -2.54. The minimum atomic E-state index is -4.43. The maximum atomic E-state index is 12.8. The molecule has 0 aliphatic carbocycles. The topological polar surface area (TPSA) is 54.3 Å². The van der Waals surface area contributed by atoms with Crippen LogP contribution in [0.4, 0.5) is 19.0 Å². The molecule has 0 N–H and O–H groups in total. The van der Waals surface area contributed by atoms with Crippen LogP contribution in [0.25, 0.3) is 0 Å². The van der Waals surface area contributed by atoms with E-state index in [2.05, 4.69) is 26.0 Å². The van der Waals surface area contributed by atoms with Gasteiger partial charge in [0.2, 0.25) is 0 Å². The van der Waals surface area contributed by atoms with Crippen molar-refractivity contribution in [2.45, 2.75) is 19.1 Å². The van der Waals surface area contributed by atoms with Gasteiger partial charge >= 0.3 is 6.18 Å². The summed E-state index contributed by atoms with van der Waals surface area (Å²) in [5, 5.41) is 4.01. The first-order valence-corrected chi connectivity index (χ1v) is 8.73. The Hall–Kier alpha value is -2.10. The van der Waals surface area contributed by atoms with Gasteiger partial charge in [-0.05, 0) is 28.9 Å². The summed E-state index contributed by atoms with van der Waals surface area (Å²) in [4.78, 5) is 20.2. The number of hydrogen-bond donors (Lipinski definition) is 0. The van der Waals surface area contributed by atoms with Crippen LogP contribution >= 0.6 is 15.9 Å². The first kappa shape index (κ1) is 18.7. The molecule has 0 bridgehead atoms. The highest BCUT2D eigenvalue weighted by atomic mass is 79.9. The van der Waals surface area contributed by atoms with Crippen LogP contribution in [0, 0.1) is 0 Å². The zero-order chi connectivity index (χ0) is 19.1. The number of nitrogens with zero attached hydrogens (tertiary/aromatic N) is 5. The Balaban J connectivity index is 1.73. The van der Waals surface area contributed by atoms with Crippen molar-refractivity contribution in [2.24, 2.45) is 7.05 Å². The van der Waals surface area contributed by atoms with Crippen LogP contribution in [0.2, 0.25) is 0 Å². The van der Waals surface area contributed by atoms with Crippen LogP contribution in [0.5, 0.6) is 0 Å². The van der Waals surface area contributed by atoms with Crippen LogP contribution in [-0.2, 0) is 13.2 Å². The predicted octanol–water partition coefficient (Wildman–Crippen LogP) is 2.95. The quantitative estimate of drug-likeness (QED) is 0.733. The number of alkyl halides is 3. The molecule has 3 heterocycles. The molecule has 0 radical (unpaired) electrons. The number of aromatic nitrogens is 3. The molecule has 1 unspecified atom stereocenters. The van der Waals surface area contributed by atoms with Crippen molar-refractivity contribution in [3.63, 3.8) is 0 Å². The number of carbonyl (C=O) groups is 1. The van der Waals surface area contributed by atoms with E-state index in [1.807, 2.05) is 11.8 Å². The number of anilines is 1. The highest BCUT2D eigenvalue weighted by molar-refractivity contribution is 9.10. The Kier molecular flexibility index (Phi) is 4.96.